The fraction of sp³-hybridized carbons (Fsp3) is 0.200. The summed E-state index contributed by atoms with van der Waals surface area (Å²) in [6.45, 7) is 3.93. The molecule has 4 aromatic rings. The van der Waals surface area contributed by atoms with Gasteiger partial charge in [-0.05, 0) is 37.1 Å². The van der Waals surface area contributed by atoms with Gasteiger partial charge in [-0.2, -0.15) is 9.40 Å². The number of aromatic nitrogens is 2. The molecule has 1 N–H and O–H groups in total. The normalized spacial score (nSPS) is 11.8. The minimum Gasteiger partial charge on any atom is -0.309 e. The van der Waals surface area contributed by atoms with Gasteiger partial charge in [-0.15, -0.1) is 0 Å². The first-order valence-corrected chi connectivity index (χ1v) is 14.1. The maximum Gasteiger partial charge on any atom is 0.240 e. The van der Waals surface area contributed by atoms with E-state index in [0.29, 0.717) is 17.9 Å². The lowest BCUT2D eigenvalue weighted by atomic mass is 10.1. The van der Waals surface area contributed by atoms with Crippen LogP contribution in [0.15, 0.2) is 96.4 Å². The lowest BCUT2D eigenvalue weighted by molar-refractivity contribution is -0.116. The fourth-order valence-corrected chi connectivity index (χ4v) is 5.07. The van der Waals surface area contributed by atoms with Crippen LogP contribution in [0.1, 0.15) is 30.9 Å². The number of benzene rings is 3. The number of hydrogen-bond acceptors (Lipinski definition) is 4. The lowest BCUT2D eigenvalue weighted by Gasteiger charge is -2.20. The Morgan fingerprint density at radius 1 is 0.974 bits per heavy atom. The summed E-state index contributed by atoms with van der Waals surface area (Å²) < 4.78 is 29.2. The molecule has 8 heteroatoms. The summed E-state index contributed by atoms with van der Waals surface area (Å²) in [5, 5.41) is 8.79. The third-order valence-corrected chi connectivity index (χ3v) is 7.51. The molecule has 0 bridgehead atoms. The smallest absolute Gasteiger partial charge is 0.240 e. The molecule has 0 saturated heterocycles. The van der Waals surface area contributed by atoms with Gasteiger partial charge in [-0.3, -0.25) is 4.79 Å². The van der Waals surface area contributed by atoms with E-state index in [-0.39, 0.29) is 13.1 Å². The van der Waals surface area contributed by atoms with Crippen LogP contribution in [0.25, 0.3) is 23.0 Å². The molecule has 3 aromatic carbocycles. The molecule has 0 fully saturated rings. The number of carbonyl (C=O) groups is 1. The summed E-state index contributed by atoms with van der Waals surface area (Å²) in [5.41, 5.74) is 4.27. The van der Waals surface area contributed by atoms with E-state index < -0.39 is 15.9 Å². The fourth-order valence-electron chi connectivity index (χ4n) is 3.89. The highest BCUT2D eigenvalue weighted by Gasteiger charge is 2.23. The van der Waals surface area contributed by atoms with Gasteiger partial charge in [0, 0.05) is 23.6 Å². The van der Waals surface area contributed by atoms with Crippen LogP contribution in [-0.4, -0.2) is 41.5 Å². The monoisotopic (exact) mass is 528 g/mol. The maximum absolute atomic E-state index is 13.2. The molecule has 0 unspecified atom stereocenters. The number of unbranched alkanes of at least 4 members (excludes halogenated alkanes) is 1. The van der Waals surface area contributed by atoms with Crippen molar-refractivity contribution in [1.82, 2.24) is 14.1 Å². The Kier molecular flexibility index (Phi) is 8.89. The number of amides is 1. The molecule has 0 aliphatic carbocycles. The van der Waals surface area contributed by atoms with Crippen LogP contribution < -0.4 is 5.32 Å². The van der Waals surface area contributed by atoms with Crippen molar-refractivity contribution in [2.45, 2.75) is 26.7 Å². The topological polar surface area (TPSA) is 84.3 Å². The maximum atomic E-state index is 13.2. The molecule has 0 saturated carbocycles. The molecular weight excluding hydrogens is 496 g/mol. The van der Waals surface area contributed by atoms with E-state index in [1.54, 1.807) is 16.8 Å². The average Bonchev–Trinajstić information content (AvgIpc) is 3.35. The molecule has 0 aliphatic rings. The van der Waals surface area contributed by atoms with Crippen molar-refractivity contribution in [2.75, 3.05) is 18.4 Å². The highest BCUT2D eigenvalue weighted by Crippen LogP contribution is 2.25. The average molecular weight is 529 g/mol. The Balaban J connectivity index is 1.59. The number of carbonyl (C=O) groups excluding carboxylic acids is 1. The van der Waals surface area contributed by atoms with E-state index in [9.17, 15) is 13.2 Å². The van der Waals surface area contributed by atoms with Gasteiger partial charge in [0.05, 0.1) is 17.9 Å². The Labute approximate surface area is 224 Å². The Hall–Kier alpha value is -4.01. The van der Waals surface area contributed by atoms with Crippen molar-refractivity contribution in [2.24, 2.45) is 0 Å². The molecule has 196 valence electrons. The van der Waals surface area contributed by atoms with Crippen molar-refractivity contribution in [3.8, 4) is 16.9 Å². The van der Waals surface area contributed by atoms with Gasteiger partial charge < -0.3 is 5.32 Å². The van der Waals surface area contributed by atoms with E-state index >= 15 is 0 Å². The summed E-state index contributed by atoms with van der Waals surface area (Å²) in [4.78, 5) is 13.2. The van der Waals surface area contributed by atoms with Crippen LogP contribution in [-0.2, 0) is 14.8 Å². The minimum atomic E-state index is -3.82. The summed E-state index contributed by atoms with van der Waals surface area (Å²) >= 11 is 0. The van der Waals surface area contributed by atoms with Gasteiger partial charge in [0.25, 0.3) is 0 Å². The molecule has 0 radical (unpaired) electrons. The van der Waals surface area contributed by atoms with E-state index in [4.69, 9.17) is 5.10 Å². The SMILES string of the molecule is CCCCN(CC(=O)Nc1cc(-c2ccccc2)nn1-c1ccc(C)cc1)S(=O)(=O)C=Cc1ccccc1. The third kappa shape index (κ3) is 7.06. The van der Waals surface area contributed by atoms with Gasteiger partial charge >= 0.3 is 0 Å². The lowest BCUT2D eigenvalue weighted by Crippen LogP contribution is -2.37. The number of aryl methyl sites for hydroxylation is 1. The first-order chi connectivity index (χ1) is 18.4. The minimum absolute atomic E-state index is 0.248. The van der Waals surface area contributed by atoms with Gasteiger partial charge in [0.2, 0.25) is 15.9 Å². The largest absolute Gasteiger partial charge is 0.309 e. The Bertz CT molecular complexity index is 1480. The highest BCUT2D eigenvalue weighted by molar-refractivity contribution is 7.92. The van der Waals surface area contributed by atoms with Crippen molar-refractivity contribution in [1.29, 1.82) is 0 Å². The van der Waals surface area contributed by atoms with Crippen LogP contribution in [0.3, 0.4) is 0 Å². The predicted molar refractivity (Wildman–Crippen MR) is 153 cm³/mol. The molecule has 38 heavy (non-hydrogen) atoms. The standard InChI is InChI=1S/C30H32N4O3S/c1-3-4-20-33(38(36,37)21-19-25-11-7-5-8-12-25)23-30(35)31-29-22-28(26-13-9-6-10-14-26)32-34(29)27-17-15-24(2)16-18-27/h5-19,21-22H,3-4,20,23H2,1-2H3,(H,31,35). The molecule has 1 aromatic heterocycles. The second-order valence-corrected chi connectivity index (χ2v) is 10.8. The van der Waals surface area contributed by atoms with Gasteiger partial charge in [0.15, 0.2) is 0 Å². The summed E-state index contributed by atoms with van der Waals surface area (Å²) in [6.07, 6.45) is 2.99. The van der Waals surface area contributed by atoms with Crippen LogP contribution in [0.5, 0.6) is 0 Å². The van der Waals surface area contributed by atoms with Crippen molar-refractivity contribution >= 4 is 27.8 Å². The summed E-state index contributed by atoms with van der Waals surface area (Å²) in [5.74, 6) is 0.0241. The van der Waals surface area contributed by atoms with E-state index in [0.717, 1.165) is 34.2 Å². The molecule has 4 rings (SSSR count). The predicted octanol–water partition coefficient (Wildman–Crippen LogP) is 5.89. The van der Waals surface area contributed by atoms with Gasteiger partial charge in [-0.25, -0.2) is 13.1 Å². The first-order valence-electron chi connectivity index (χ1n) is 12.6. The number of hydrogen-bond donors (Lipinski definition) is 1. The Morgan fingerprint density at radius 2 is 1.63 bits per heavy atom. The Morgan fingerprint density at radius 3 is 2.29 bits per heavy atom. The molecule has 7 nitrogen and oxygen atoms in total. The molecule has 1 heterocycles. The summed E-state index contributed by atoms with van der Waals surface area (Å²) in [6, 6.07) is 28.5. The second kappa shape index (κ2) is 12.5. The van der Waals surface area contributed by atoms with Crippen molar-refractivity contribution < 1.29 is 13.2 Å². The molecule has 0 atom stereocenters. The number of nitrogens with one attached hydrogen (secondary N) is 1. The van der Waals surface area contributed by atoms with E-state index in [2.05, 4.69) is 5.32 Å². The third-order valence-electron chi connectivity index (χ3n) is 6.00. The zero-order chi connectivity index (χ0) is 27.0. The van der Waals surface area contributed by atoms with Crippen molar-refractivity contribution in [3.63, 3.8) is 0 Å². The molecule has 0 spiro atoms. The van der Waals surface area contributed by atoms with Crippen LogP contribution in [0.4, 0.5) is 5.82 Å². The van der Waals surface area contributed by atoms with Crippen LogP contribution in [0, 0.1) is 6.92 Å². The van der Waals surface area contributed by atoms with Crippen molar-refractivity contribution in [3.05, 3.63) is 108 Å². The van der Waals surface area contributed by atoms with Gasteiger partial charge in [0.1, 0.15) is 5.82 Å². The quantitative estimate of drug-likeness (QED) is 0.263. The van der Waals surface area contributed by atoms with Gasteiger partial charge in [-0.1, -0.05) is 91.7 Å². The van der Waals surface area contributed by atoms with Crippen LogP contribution >= 0.6 is 0 Å². The van der Waals surface area contributed by atoms with E-state index in [1.807, 2.05) is 98.8 Å². The zero-order valence-corrected chi connectivity index (χ0v) is 22.4. The number of nitrogens with zero attached hydrogens (tertiary/aromatic N) is 3. The second-order valence-electron chi connectivity index (χ2n) is 9.02. The number of anilines is 1. The highest BCUT2D eigenvalue weighted by atomic mass is 32.2. The first kappa shape index (κ1) is 27.0. The number of rotatable bonds is 11. The van der Waals surface area contributed by atoms with Crippen LogP contribution in [0.2, 0.25) is 0 Å². The molecule has 0 aliphatic heterocycles. The molecule has 1 amide bonds. The number of sulfonamides is 1. The molecular formula is C30H32N4O3S. The van der Waals surface area contributed by atoms with E-state index in [1.165, 1.54) is 4.31 Å². The zero-order valence-electron chi connectivity index (χ0n) is 21.6. The summed E-state index contributed by atoms with van der Waals surface area (Å²) in [7, 11) is -3.82.